The monoisotopic (exact) mass is 206 g/mol. The summed E-state index contributed by atoms with van der Waals surface area (Å²) >= 11 is 0. The molecule has 1 aromatic carbocycles. The number of fused-ring (bicyclic) bond motifs is 1. The number of rotatable bonds is 0. The third kappa shape index (κ3) is 2.01. The second kappa shape index (κ2) is 4.64. The van der Waals surface area contributed by atoms with Crippen LogP contribution in [0.3, 0.4) is 0 Å². The average Bonchev–Trinajstić information content (AvgIpc) is 2.26. The van der Waals surface area contributed by atoms with Crippen LogP contribution in [-0.4, -0.2) is 10.2 Å². The molecular formula is C12H16NO2+. The summed E-state index contributed by atoms with van der Waals surface area (Å²) in [4.78, 5) is 2.96. The van der Waals surface area contributed by atoms with E-state index in [0.29, 0.717) is 5.39 Å². The van der Waals surface area contributed by atoms with E-state index in [1.165, 1.54) is 6.07 Å². The van der Waals surface area contributed by atoms with E-state index >= 15 is 0 Å². The minimum absolute atomic E-state index is 0.0519. The van der Waals surface area contributed by atoms with Crippen LogP contribution >= 0.6 is 0 Å². The summed E-state index contributed by atoms with van der Waals surface area (Å²) in [5.74, 6) is -0.134. The summed E-state index contributed by atoms with van der Waals surface area (Å²) in [5.41, 5.74) is 0.908. The maximum absolute atomic E-state index is 9.58. The van der Waals surface area contributed by atoms with Crippen LogP contribution in [0, 0.1) is 6.92 Å². The maximum Gasteiger partial charge on any atom is 0.175 e. The topological polar surface area (TPSA) is 54.6 Å². The van der Waals surface area contributed by atoms with Gasteiger partial charge in [0.1, 0.15) is 0 Å². The van der Waals surface area contributed by atoms with Gasteiger partial charge in [0.2, 0.25) is 0 Å². The first kappa shape index (κ1) is 11.3. The Hall–Kier alpha value is -1.77. The standard InChI is InChI=1S/C10H9NO2.C2H6/c1-6-4-11-5-7-2-3-8(12)10(13)9(6)7;1-2/h2-5,12-13H,1H3;1-2H3/p+1. The number of pyridine rings is 1. The number of H-pyrrole nitrogens is 1. The van der Waals surface area contributed by atoms with Crippen molar-refractivity contribution in [2.24, 2.45) is 0 Å². The number of nitrogens with one attached hydrogen (secondary N) is 1. The Labute approximate surface area is 89.0 Å². The average molecular weight is 206 g/mol. The van der Waals surface area contributed by atoms with Gasteiger partial charge >= 0.3 is 0 Å². The summed E-state index contributed by atoms with van der Waals surface area (Å²) in [6.45, 7) is 5.87. The largest absolute Gasteiger partial charge is 0.504 e. The molecule has 0 amide bonds. The van der Waals surface area contributed by atoms with E-state index in [0.717, 1.165) is 10.9 Å². The highest BCUT2D eigenvalue weighted by Gasteiger charge is 2.09. The van der Waals surface area contributed by atoms with Crippen LogP contribution in [0.4, 0.5) is 0 Å². The maximum atomic E-state index is 9.58. The van der Waals surface area contributed by atoms with Crippen LogP contribution in [0.15, 0.2) is 24.5 Å². The molecule has 1 aromatic heterocycles. The Bertz CT molecular complexity index is 466. The zero-order chi connectivity index (χ0) is 11.4. The molecule has 1 heterocycles. The Balaban J connectivity index is 0.000000531. The van der Waals surface area contributed by atoms with Crippen molar-refractivity contribution >= 4 is 10.8 Å². The van der Waals surface area contributed by atoms with Gasteiger partial charge in [-0.3, -0.25) is 0 Å². The predicted molar refractivity (Wildman–Crippen MR) is 59.9 cm³/mol. The first-order valence-corrected chi connectivity index (χ1v) is 5.01. The molecule has 15 heavy (non-hydrogen) atoms. The third-order valence-corrected chi connectivity index (χ3v) is 2.12. The summed E-state index contributed by atoms with van der Waals surface area (Å²) in [6.07, 6.45) is 3.56. The fourth-order valence-corrected chi connectivity index (χ4v) is 1.46. The molecule has 3 heteroatoms. The highest BCUT2D eigenvalue weighted by molar-refractivity contribution is 5.91. The predicted octanol–water partition coefficient (Wildman–Crippen LogP) is 2.40. The fourth-order valence-electron chi connectivity index (χ4n) is 1.46. The molecule has 0 aliphatic heterocycles. The number of hydrogen-bond acceptors (Lipinski definition) is 2. The van der Waals surface area contributed by atoms with Crippen molar-refractivity contribution in [2.45, 2.75) is 20.8 Å². The summed E-state index contributed by atoms with van der Waals surface area (Å²) < 4.78 is 0. The van der Waals surface area contributed by atoms with Gasteiger partial charge < -0.3 is 10.2 Å². The lowest BCUT2D eigenvalue weighted by Crippen LogP contribution is -2.00. The van der Waals surface area contributed by atoms with Gasteiger partial charge in [0.15, 0.2) is 23.9 Å². The number of phenols is 2. The van der Waals surface area contributed by atoms with Crippen LogP contribution in [0.2, 0.25) is 0 Å². The molecule has 3 nitrogen and oxygen atoms in total. The van der Waals surface area contributed by atoms with E-state index in [4.69, 9.17) is 0 Å². The van der Waals surface area contributed by atoms with Crippen LogP contribution in [0.5, 0.6) is 11.5 Å². The number of benzene rings is 1. The van der Waals surface area contributed by atoms with E-state index in [1.54, 1.807) is 18.5 Å². The van der Waals surface area contributed by atoms with Crippen molar-refractivity contribution in [3.63, 3.8) is 0 Å². The van der Waals surface area contributed by atoms with Gasteiger partial charge in [0, 0.05) is 16.3 Å². The van der Waals surface area contributed by atoms with E-state index in [2.05, 4.69) is 4.98 Å². The van der Waals surface area contributed by atoms with E-state index in [1.807, 2.05) is 20.8 Å². The molecular weight excluding hydrogens is 190 g/mol. The summed E-state index contributed by atoms with van der Waals surface area (Å²) in [6, 6.07) is 3.23. The molecule has 0 aliphatic rings. The van der Waals surface area contributed by atoms with Crippen LogP contribution in [0.25, 0.3) is 10.8 Å². The van der Waals surface area contributed by atoms with Crippen molar-refractivity contribution in [2.75, 3.05) is 0 Å². The van der Waals surface area contributed by atoms with Gasteiger partial charge in [-0.1, -0.05) is 13.8 Å². The highest BCUT2D eigenvalue weighted by Crippen LogP contribution is 2.34. The number of aryl methyl sites for hydroxylation is 1. The van der Waals surface area contributed by atoms with E-state index in [-0.39, 0.29) is 11.5 Å². The lowest BCUT2D eigenvalue weighted by Gasteiger charge is -2.02. The molecule has 0 saturated carbocycles. The SMILES string of the molecule is CC.Cc1c[nH+]cc2ccc(O)c(O)c12. The zero-order valence-electron chi connectivity index (χ0n) is 9.20. The molecule has 0 unspecified atom stereocenters. The quantitative estimate of drug-likeness (QED) is 0.650. The van der Waals surface area contributed by atoms with Crippen LogP contribution in [0.1, 0.15) is 19.4 Å². The number of hydrogen-bond donors (Lipinski definition) is 2. The first-order valence-electron chi connectivity index (χ1n) is 5.01. The van der Waals surface area contributed by atoms with Crippen molar-refractivity contribution in [1.82, 2.24) is 0 Å². The Morgan fingerprint density at radius 3 is 2.40 bits per heavy atom. The molecule has 2 aromatic rings. The molecule has 2 rings (SSSR count). The Morgan fingerprint density at radius 2 is 1.73 bits per heavy atom. The van der Waals surface area contributed by atoms with Crippen molar-refractivity contribution in [1.29, 1.82) is 0 Å². The minimum Gasteiger partial charge on any atom is -0.504 e. The Morgan fingerprint density at radius 1 is 1.07 bits per heavy atom. The molecule has 0 aliphatic carbocycles. The van der Waals surface area contributed by atoms with Crippen molar-refractivity contribution in [3.8, 4) is 11.5 Å². The van der Waals surface area contributed by atoms with Crippen molar-refractivity contribution in [3.05, 3.63) is 30.1 Å². The van der Waals surface area contributed by atoms with Gasteiger partial charge in [0.05, 0.1) is 0 Å². The highest BCUT2D eigenvalue weighted by atomic mass is 16.3. The fraction of sp³-hybridized carbons (Fsp3) is 0.250. The number of phenolic OH excluding ortho intramolecular Hbond substituents is 2. The normalized spacial score (nSPS) is 9.53. The second-order valence-electron chi connectivity index (χ2n) is 3.04. The molecule has 0 fully saturated rings. The summed E-state index contributed by atoms with van der Waals surface area (Å²) in [5, 5.41) is 20.4. The zero-order valence-corrected chi connectivity index (χ0v) is 9.20. The molecule has 0 saturated heterocycles. The number of aromatic amines is 1. The van der Waals surface area contributed by atoms with E-state index in [9.17, 15) is 10.2 Å². The number of aromatic nitrogens is 1. The smallest absolute Gasteiger partial charge is 0.175 e. The van der Waals surface area contributed by atoms with Gasteiger partial charge in [-0.15, -0.1) is 0 Å². The first-order chi connectivity index (χ1) is 7.20. The van der Waals surface area contributed by atoms with Gasteiger partial charge in [-0.2, -0.15) is 0 Å². The van der Waals surface area contributed by atoms with Gasteiger partial charge in [0.25, 0.3) is 0 Å². The van der Waals surface area contributed by atoms with E-state index < -0.39 is 0 Å². The molecule has 0 spiro atoms. The molecule has 0 atom stereocenters. The van der Waals surface area contributed by atoms with Gasteiger partial charge in [-0.05, 0) is 19.1 Å². The summed E-state index contributed by atoms with van der Waals surface area (Å²) in [7, 11) is 0. The minimum atomic E-state index is -0.0817. The molecule has 80 valence electrons. The lowest BCUT2D eigenvalue weighted by molar-refractivity contribution is -0.376. The van der Waals surface area contributed by atoms with Crippen molar-refractivity contribution < 1.29 is 15.2 Å². The van der Waals surface area contributed by atoms with Crippen LogP contribution < -0.4 is 4.98 Å². The van der Waals surface area contributed by atoms with Gasteiger partial charge in [-0.25, -0.2) is 4.98 Å². The second-order valence-corrected chi connectivity index (χ2v) is 3.04. The molecule has 3 N–H and O–H groups in total. The van der Waals surface area contributed by atoms with Crippen LogP contribution in [-0.2, 0) is 0 Å². The number of aromatic hydroxyl groups is 2. The molecule has 0 bridgehead atoms. The Kier molecular flexibility index (Phi) is 3.50. The lowest BCUT2D eigenvalue weighted by atomic mass is 10.1. The third-order valence-electron chi connectivity index (χ3n) is 2.12. The molecule has 0 radical (unpaired) electrons.